The number of likely N-dealkylation sites (tertiary alicyclic amines) is 1. The standard InChI is InChI=1S/C18H24N2O2/c1-12(20-9-7-14(8-10-20)13(2)21)18(22)16-11-19-17-6-4-3-5-15(16)17/h3-6,11-14,19,21H,7-10H2,1-2H3. The Balaban J connectivity index is 1.73. The molecule has 1 aliphatic heterocycles. The lowest BCUT2D eigenvalue weighted by Crippen LogP contribution is -2.45. The number of hydrogen-bond acceptors (Lipinski definition) is 3. The fourth-order valence-electron chi connectivity index (χ4n) is 3.46. The molecule has 22 heavy (non-hydrogen) atoms. The summed E-state index contributed by atoms with van der Waals surface area (Å²) in [5.74, 6) is 0.541. The van der Waals surface area contributed by atoms with E-state index in [2.05, 4.69) is 9.88 Å². The van der Waals surface area contributed by atoms with Crippen LogP contribution in [0.3, 0.4) is 0 Å². The van der Waals surface area contributed by atoms with E-state index in [0.717, 1.165) is 42.4 Å². The van der Waals surface area contributed by atoms with E-state index in [-0.39, 0.29) is 17.9 Å². The Hall–Kier alpha value is -1.65. The molecular weight excluding hydrogens is 276 g/mol. The number of fused-ring (bicyclic) bond motifs is 1. The zero-order chi connectivity index (χ0) is 15.7. The number of carbonyl (C=O) groups excluding carboxylic acids is 1. The number of piperidine rings is 1. The van der Waals surface area contributed by atoms with Crippen molar-refractivity contribution in [1.82, 2.24) is 9.88 Å². The third-order valence-corrected chi connectivity index (χ3v) is 5.04. The Morgan fingerprint density at radius 2 is 1.95 bits per heavy atom. The first kappa shape index (κ1) is 15.3. The normalized spacial score (nSPS) is 20.1. The second-order valence-corrected chi connectivity index (χ2v) is 6.40. The smallest absolute Gasteiger partial charge is 0.181 e. The van der Waals surface area contributed by atoms with E-state index >= 15 is 0 Å². The minimum atomic E-state index is -0.248. The number of aromatic amines is 1. The van der Waals surface area contributed by atoms with Crippen molar-refractivity contribution in [3.05, 3.63) is 36.0 Å². The number of nitrogens with one attached hydrogen (secondary N) is 1. The molecule has 1 aromatic carbocycles. The van der Waals surface area contributed by atoms with Gasteiger partial charge >= 0.3 is 0 Å². The minimum absolute atomic E-state index is 0.117. The van der Waals surface area contributed by atoms with Crippen LogP contribution in [-0.2, 0) is 0 Å². The van der Waals surface area contributed by atoms with Gasteiger partial charge in [-0.25, -0.2) is 0 Å². The largest absolute Gasteiger partial charge is 0.393 e. The highest BCUT2D eigenvalue weighted by molar-refractivity contribution is 6.10. The van der Waals surface area contributed by atoms with Crippen LogP contribution in [0.1, 0.15) is 37.0 Å². The SMILES string of the molecule is CC(O)C1CCN(C(C)C(=O)c2c[nH]c3ccccc23)CC1. The second kappa shape index (κ2) is 6.23. The van der Waals surface area contributed by atoms with Gasteiger partial charge in [0.05, 0.1) is 12.1 Å². The molecule has 4 heteroatoms. The summed E-state index contributed by atoms with van der Waals surface area (Å²) >= 11 is 0. The molecule has 3 rings (SSSR count). The molecule has 2 unspecified atom stereocenters. The summed E-state index contributed by atoms with van der Waals surface area (Å²) in [5.41, 5.74) is 1.78. The number of rotatable bonds is 4. The predicted octanol–water partition coefficient (Wildman–Crippen LogP) is 2.83. The molecule has 4 nitrogen and oxygen atoms in total. The fraction of sp³-hybridized carbons (Fsp3) is 0.500. The molecule has 1 aliphatic rings. The van der Waals surface area contributed by atoms with Gasteiger partial charge in [-0.1, -0.05) is 18.2 Å². The lowest BCUT2D eigenvalue weighted by molar-refractivity contribution is 0.0528. The average Bonchev–Trinajstić information content (AvgIpc) is 2.97. The van der Waals surface area contributed by atoms with Crippen molar-refractivity contribution in [2.75, 3.05) is 13.1 Å². The lowest BCUT2D eigenvalue weighted by Gasteiger charge is -2.36. The zero-order valence-electron chi connectivity index (χ0n) is 13.2. The third-order valence-electron chi connectivity index (χ3n) is 5.04. The maximum Gasteiger partial charge on any atom is 0.181 e. The molecule has 1 fully saturated rings. The Kier molecular flexibility index (Phi) is 4.32. The van der Waals surface area contributed by atoms with Crippen LogP contribution in [0.2, 0.25) is 0 Å². The van der Waals surface area contributed by atoms with Gasteiger partial charge in [0.2, 0.25) is 0 Å². The highest BCUT2D eigenvalue weighted by Crippen LogP contribution is 2.25. The maximum atomic E-state index is 12.8. The molecule has 0 spiro atoms. The molecule has 2 N–H and O–H groups in total. The average molecular weight is 300 g/mol. The molecule has 0 saturated carbocycles. The number of Topliss-reactive ketones (excluding diaryl/α,β-unsaturated/α-hetero) is 1. The van der Waals surface area contributed by atoms with Crippen molar-refractivity contribution in [2.45, 2.75) is 38.8 Å². The predicted molar refractivity (Wildman–Crippen MR) is 88.1 cm³/mol. The van der Waals surface area contributed by atoms with E-state index in [0.29, 0.717) is 5.92 Å². The Morgan fingerprint density at radius 3 is 2.64 bits per heavy atom. The van der Waals surface area contributed by atoms with Crippen molar-refractivity contribution in [2.24, 2.45) is 5.92 Å². The summed E-state index contributed by atoms with van der Waals surface area (Å²) in [4.78, 5) is 18.2. The number of aliphatic hydroxyl groups excluding tert-OH is 1. The van der Waals surface area contributed by atoms with Gasteiger partial charge in [-0.15, -0.1) is 0 Å². The fourth-order valence-corrected chi connectivity index (χ4v) is 3.46. The van der Waals surface area contributed by atoms with E-state index in [1.165, 1.54) is 0 Å². The number of ketones is 1. The molecule has 1 saturated heterocycles. The maximum absolute atomic E-state index is 12.8. The molecule has 0 radical (unpaired) electrons. The molecule has 0 bridgehead atoms. The number of aliphatic hydroxyl groups is 1. The van der Waals surface area contributed by atoms with Crippen LogP contribution in [0, 0.1) is 5.92 Å². The van der Waals surface area contributed by atoms with Crippen molar-refractivity contribution < 1.29 is 9.90 Å². The van der Waals surface area contributed by atoms with E-state index in [9.17, 15) is 9.90 Å². The number of H-pyrrole nitrogens is 1. The van der Waals surface area contributed by atoms with Crippen molar-refractivity contribution in [3.8, 4) is 0 Å². The summed E-state index contributed by atoms with van der Waals surface area (Å²) in [6, 6.07) is 7.80. The second-order valence-electron chi connectivity index (χ2n) is 6.40. The van der Waals surface area contributed by atoms with Gasteiger partial charge in [-0.3, -0.25) is 9.69 Å². The molecule has 2 atom stereocenters. The molecule has 118 valence electrons. The summed E-state index contributed by atoms with van der Waals surface area (Å²) in [5, 5.41) is 10.7. The van der Waals surface area contributed by atoms with Gasteiger partial charge in [0, 0.05) is 22.7 Å². The summed E-state index contributed by atoms with van der Waals surface area (Å²) in [7, 11) is 0. The van der Waals surface area contributed by atoms with Crippen LogP contribution in [-0.4, -0.2) is 46.0 Å². The summed E-state index contributed by atoms with van der Waals surface area (Å²) in [6.45, 7) is 5.61. The first-order chi connectivity index (χ1) is 10.6. The van der Waals surface area contributed by atoms with Gasteiger partial charge < -0.3 is 10.1 Å². The zero-order valence-corrected chi connectivity index (χ0v) is 13.2. The molecule has 2 aromatic rings. The topological polar surface area (TPSA) is 56.3 Å². The first-order valence-electron chi connectivity index (χ1n) is 8.10. The van der Waals surface area contributed by atoms with Crippen LogP contribution >= 0.6 is 0 Å². The summed E-state index contributed by atoms with van der Waals surface area (Å²) in [6.07, 6.45) is 3.50. The minimum Gasteiger partial charge on any atom is -0.393 e. The van der Waals surface area contributed by atoms with Crippen LogP contribution in [0.4, 0.5) is 0 Å². The third kappa shape index (κ3) is 2.81. The number of nitrogens with zero attached hydrogens (tertiary/aromatic N) is 1. The number of carbonyl (C=O) groups is 1. The van der Waals surface area contributed by atoms with Crippen molar-refractivity contribution in [3.63, 3.8) is 0 Å². The van der Waals surface area contributed by atoms with E-state index in [1.54, 1.807) is 0 Å². The molecule has 1 aromatic heterocycles. The van der Waals surface area contributed by atoms with Crippen LogP contribution < -0.4 is 0 Å². The quantitative estimate of drug-likeness (QED) is 0.854. The van der Waals surface area contributed by atoms with Gasteiger partial charge in [-0.2, -0.15) is 0 Å². The molecule has 2 heterocycles. The summed E-state index contributed by atoms with van der Waals surface area (Å²) < 4.78 is 0. The van der Waals surface area contributed by atoms with Gasteiger partial charge in [0.25, 0.3) is 0 Å². The highest BCUT2D eigenvalue weighted by atomic mass is 16.3. The van der Waals surface area contributed by atoms with E-state index < -0.39 is 0 Å². The number of benzene rings is 1. The molecular formula is C18H24N2O2. The van der Waals surface area contributed by atoms with Crippen LogP contribution in [0.5, 0.6) is 0 Å². The lowest BCUT2D eigenvalue weighted by atomic mass is 9.90. The first-order valence-corrected chi connectivity index (χ1v) is 8.10. The molecule has 0 amide bonds. The Labute approximate surface area is 131 Å². The Bertz CT molecular complexity index is 654. The van der Waals surface area contributed by atoms with Gasteiger partial charge in [0.1, 0.15) is 0 Å². The van der Waals surface area contributed by atoms with Crippen molar-refractivity contribution >= 4 is 16.7 Å². The number of para-hydroxylation sites is 1. The Morgan fingerprint density at radius 1 is 1.27 bits per heavy atom. The monoisotopic (exact) mass is 300 g/mol. The number of hydrogen-bond donors (Lipinski definition) is 2. The van der Waals surface area contributed by atoms with Crippen LogP contribution in [0.25, 0.3) is 10.9 Å². The van der Waals surface area contributed by atoms with Gasteiger partial charge in [0.15, 0.2) is 5.78 Å². The van der Waals surface area contributed by atoms with E-state index in [4.69, 9.17) is 0 Å². The van der Waals surface area contributed by atoms with E-state index in [1.807, 2.05) is 44.3 Å². The van der Waals surface area contributed by atoms with Crippen molar-refractivity contribution in [1.29, 1.82) is 0 Å². The van der Waals surface area contributed by atoms with Gasteiger partial charge in [-0.05, 0) is 51.8 Å². The van der Waals surface area contributed by atoms with Crippen LogP contribution in [0.15, 0.2) is 30.5 Å². The highest BCUT2D eigenvalue weighted by Gasteiger charge is 2.29. The number of aromatic nitrogens is 1. The molecule has 0 aliphatic carbocycles.